The first-order valence-electron chi connectivity index (χ1n) is 8.47. The van der Waals surface area contributed by atoms with Crippen LogP contribution in [0.5, 0.6) is 5.75 Å². The monoisotopic (exact) mass is 334 g/mol. The molecule has 0 aliphatic carbocycles. The number of rotatable bonds is 9. The number of benzene rings is 1. The van der Waals surface area contributed by atoms with E-state index in [9.17, 15) is 4.79 Å². The van der Waals surface area contributed by atoms with Gasteiger partial charge in [-0.15, -0.1) is 0 Å². The van der Waals surface area contributed by atoms with Crippen LogP contribution < -0.4 is 21.1 Å². The number of guanidine groups is 1. The van der Waals surface area contributed by atoms with Crippen molar-refractivity contribution in [2.45, 2.75) is 40.2 Å². The Morgan fingerprint density at radius 1 is 1.25 bits per heavy atom. The van der Waals surface area contributed by atoms with E-state index in [1.54, 1.807) is 0 Å². The third kappa shape index (κ3) is 7.85. The number of nitrogens with zero attached hydrogens (tertiary/aromatic N) is 1. The molecule has 0 radical (unpaired) electrons. The van der Waals surface area contributed by atoms with E-state index in [4.69, 9.17) is 10.5 Å². The van der Waals surface area contributed by atoms with E-state index in [0.717, 1.165) is 24.5 Å². The molecule has 6 nitrogen and oxygen atoms in total. The number of hydrogen-bond acceptors (Lipinski definition) is 3. The maximum Gasteiger partial charge on any atom is 0.255 e. The fourth-order valence-corrected chi connectivity index (χ4v) is 1.91. The highest BCUT2D eigenvalue weighted by Gasteiger charge is 2.08. The summed E-state index contributed by atoms with van der Waals surface area (Å²) in [5.41, 5.74) is 6.22. The molecule has 134 valence electrons. The number of carbonyl (C=O) groups excluding carboxylic acids is 1. The van der Waals surface area contributed by atoms with Crippen molar-refractivity contribution in [3.05, 3.63) is 29.8 Å². The largest absolute Gasteiger partial charge is 0.484 e. The topological polar surface area (TPSA) is 88.7 Å². The lowest BCUT2D eigenvalue weighted by Crippen LogP contribution is -2.44. The Morgan fingerprint density at radius 3 is 2.46 bits per heavy atom. The number of primary amides is 1. The first kappa shape index (κ1) is 19.8. The normalized spacial score (nSPS) is 12.8. The Balaban J connectivity index is 2.51. The Bertz CT molecular complexity index is 526. The van der Waals surface area contributed by atoms with Crippen molar-refractivity contribution in [3.8, 4) is 5.75 Å². The van der Waals surface area contributed by atoms with Crippen LogP contribution in [-0.4, -0.2) is 37.6 Å². The molecule has 1 atom stereocenters. The minimum atomic E-state index is -0.479. The summed E-state index contributed by atoms with van der Waals surface area (Å²) in [7, 11) is 0. The van der Waals surface area contributed by atoms with Gasteiger partial charge in [-0.3, -0.25) is 9.79 Å². The molecule has 24 heavy (non-hydrogen) atoms. The van der Waals surface area contributed by atoms with Gasteiger partial charge < -0.3 is 21.1 Å². The van der Waals surface area contributed by atoms with Gasteiger partial charge in [0.2, 0.25) is 0 Å². The Hall–Kier alpha value is -2.24. The number of aliphatic imine (C=N–C) groups is 1. The molecule has 1 rings (SSSR count). The van der Waals surface area contributed by atoms with E-state index < -0.39 is 5.91 Å². The molecular formula is C18H30N4O2. The Labute approximate surface area is 144 Å². The maximum atomic E-state index is 10.7. The van der Waals surface area contributed by atoms with Gasteiger partial charge in [0.25, 0.3) is 5.91 Å². The number of ether oxygens (including phenoxy) is 1. The van der Waals surface area contributed by atoms with Gasteiger partial charge in [-0.1, -0.05) is 26.0 Å². The summed E-state index contributed by atoms with van der Waals surface area (Å²) in [5, 5.41) is 6.68. The fourth-order valence-electron chi connectivity index (χ4n) is 1.91. The molecule has 0 fully saturated rings. The van der Waals surface area contributed by atoms with Gasteiger partial charge in [-0.25, -0.2) is 0 Å². The summed E-state index contributed by atoms with van der Waals surface area (Å²) in [4.78, 5) is 15.3. The maximum absolute atomic E-state index is 10.7. The number of nitrogens with one attached hydrogen (secondary N) is 2. The van der Waals surface area contributed by atoms with E-state index in [1.807, 2.05) is 24.3 Å². The molecule has 1 amide bonds. The molecule has 0 aromatic heterocycles. The second-order valence-electron chi connectivity index (χ2n) is 6.09. The molecule has 0 saturated carbocycles. The first-order valence-corrected chi connectivity index (χ1v) is 8.47. The summed E-state index contributed by atoms with van der Waals surface area (Å²) < 4.78 is 5.24. The molecule has 0 bridgehead atoms. The van der Waals surface area contributed by atoms with Crippen LogP contribution in [0.1, 0.15) is 33.3 Å². The van der Waals surface area contributed by atoms with Crippen LogP contribution in [-0.2, 0) is 11.2 Å². The molecule has 0 heterocycles. The van der Waals surface area contributed by atoms with Crippen LogP contribution >= 0.6 is 0 Å². The summed E-state index contributed by atoms with van der Waals surface area (Å²) in [6, 6.07) is 7.99. The predicted molar refractivity (Wildman–Crippen MR) is 98.2 cm³/mol. The highest BCUT2D eigenvalue weighted by atomic mass is 16.5. The van der Waals surface area contributed by atoms with E-state index in [0.29, 0.717) is 24.3 Å². The molecule has 0 aliphatic heterocycles. The van der Waals surface area contributed by atoms with Crippen LogP contribution in [0.2, 0.25) is 0 Å². The molecule has 1 unspecified atom stereocenters. The van der Waals surface area contributed by atoms with Gasteiger partial charge in [0.15, 0.2) is 12.6 Å². The van der Waals surface area contributed by atoms with Crippen molar-refractivity contribution < 1.29 is 9.53 Å². The molecule has 0 aliphatic rings. The zero-order valence-electron chi connectivity index (χ0n) is 15.1. The molecule has 1 aromatic rings. The van der Waals surface area contributed by atoms with Crippen LogP contribution in [0.15, 0.2) is 29.3 Å². The van der Waals surface area contributed by atoms with Gasteiger partial charge in [0.05, 0.1) is 0 Å². The van der Waals surface area contributed by atoms with Crippen LogP contribution in [0.25, 0.3) is 0 Å². The van der Waals surface area contributed by atoms with E-state index >= 15 is 0 Å². The summed E-state index contributed by atoms with van der Waals surface area (Å²) in [6.07, 6.45) is 0.836. The first-order chi connectivity index (χ1) is 11.4. The zero-order valence-corrected chi connectivity index (χ0v) is 15.1. The van der Waals surface area contributed by atoms with Gasteiger partial charge in [0, 0.05) is 19.1 Å². The summed E-state index contributed by atoms with van der Waals surface area (Å²) >= 11 is 0. The van der Waals surface area contributed by atoms with Crippen molar-refractivity contribution in [1.82, 2.24) is 10.6 Å². The Kier molecular flexibility index (Phi) is 8.68. The van der Waals surface area contributed by atoms with Crippen molar-refractivity contribution in [2.75, 3.05) is 19.7 Å². The molecule has 4 N–H and O–H groups in total. The van der Waals surface area contributed by atoms with E-state index in [2.05, 4.69) is 43.3 Å². The third-order valence-electron chi connectivity index (χ3n) is 3.68. The minimum Gasteiger partial charge on any atom is -0.484 e. The van der Waals surface area contributed by atoms with Gasteiger partial charge in [-0.2, -0.15) is 0 Å². The quantitative estimate of drug-likeness (QED) is 0.474. The molecule has 6 heteroatoms. The lowest BCUT2D eigenvalue weighted by atomic mass is 10.1. The molecule has 0 spiro atoms. The van der Waals surface area contributed by atoms with Crippen molar-refractivity contribution in [3.63, 3.8) is 0 Å². The zero-order chi connectivity index (χ0) is 17.9. The second-order valence-corrected chi connectivity index (χ2v) is 6.09. The lowest BCUT2D eigenvalue weighted by molar-refractivity contribution is -0.119. The van der Waals surface area contributed by atoms with Gasteiger partial charge in [0.1, 0.15) is 5.75 Å². The van der Waals surface area contributed by atoms with E-state index in [1.165, 1.54) is 0 Å². The predicted octanol–water partition coefficient (Wildman–Crippen LogP) is 1.69. The molecule has 0 saturated heterocycles. The average molecular weight is 334 g/mol. The molecular weight excluding hydrogens is 304 g/mol. The van der Waals surface area contributed by atoms with Crippen molar-refractivity contribution in [2.24, 2.45) is 16.6 Å². The molecule has 1 aromatic carbocycles. The van der Waals surface area contributed by atoms with Gasteiger partial charge >= 0.3 is 0 Å². The number of carbonyl (C=O) groups is 1. The smallest absolute Gasteiger partial charge is 0.255 e. The van der Waals surface area contributed by atoms with Crippen molar-refractivity contribution >= 4 is 11.9 Å². The number of hydrogen-bond donors (Lipinski definition) is 3. The fraction of sp³-hybridized carbons (Fsp3) is 0.556. The number of nitrogens with two attached hydrogens (primary N) is 1. The van der Waals surface area contributed by atoms with Crippen LogP contribution in [0.4, 0.5) is 0 Å². The average Bonchev–Trinajstić information content (AvgIpc) is 2.54. The SMILES string of the molecule is CCNC(=NCCc1ccc(OCC(N)=O)cc1)NC(C)C(C)C. The van der Waals surface area contributed by atoms with E-state index in [-0.39, 0.29) is 6.61 Å². The number of amides is 1. The third-order valence-corrected chi connectivity index (χ3v) is 3.68. The highest BCUT2D eigenvalue weighted by molar-refractivity contribution is 5.80. The minimum absolute atomic E-state index is 0.102. The Morgan fingerprint density at radius 2 is 1.92 bits per heavy atom. The van der Waals surface area contributed by atoms with Crippen LogP contribution in [0.3, 0.4) is 0 Å². The highest BCUT2D eigenvalue weighted by Crippen LogP contribution is 2.12. The summed E-state index contributed by atoms with van der Waals surface area (Å²) in [5.74, 6) is 1.55. The summed E-state index contributed by atoms with van der Waals surface area (Å²) in [6.45, 7) is 10.0. The van der Waals surface area contributed by atoms with Crippen molar-refractivity contribution in [1.29, 1.82) is 0 Å². The standard InChI is InChI=1S/C18H30N4O2/c1-5-20-18(22-14(4)13(2)3)21-11-10-15-6-8-16(9-7-15)24-12-17(19)23/h6-9,13-14H,5,10-12H2,1-4H3,(H2,19,23)(H2,20,21,22). The lowest BCUT2D eigenvalue weighted by Gasteiger charge is -2.20. The second kappa shape index (κ2) is 10.5. The van der Waals surface area contributed by atoms with Gasteiger partial charge in [-0.05, 0) is 43.9 Å². The van der Waals surface area contributed by atoms with Crippen LogP contribution in [0, 0.1) is 5.92 Å².